The molecule has 6 rings (SSSR count). The first-order valence-corrected chi connectivity index (χ1v) is 14.0. The van der Waals surface area contributed by atoms with Gasteiger partial charge in [-0.2, -0.15) is 0 Å². The third-order valence-electron chi connectivity index (χ3n) is 8.04. The lowest BCUT2D eigenvalue weighted by Gasteiger charge is -2.30. The van der Waals surface area contributed by atoms with Gasteiger partial charge >= 0.3 is 0 Å². The van der Waals surface area contributed by atoms with Gasteiger partial charge in [0.2, 0.25) is 0 Å². The maximum atomic E-state index is 13.3. The fraction of sp³-hybridized carbons (Fsp3) is 0.235. The molecule has 2 heterocycles. The van der Waals surface area contributed by atoms with E-state index in [9.17, 15) is 9.59 Å². The number of aromatic nitrogens is 1. The molecule has 1 amide bonds. The molecular weight excluding hydrogens is 530 g/mol. The number of aromatic amines is 1. The number of hydrogen-bond acceptors (Lipinski definition) is 6. The molecule has 0 radical (unpaired) electrons. The van der Waals surface area contributed by atoms with Gasteiger partial charge in [-0.15, -0.1) is 0 Å². The summed E-state index contributed by atoms with van der Waals surface area (Å²) in [6, 6.07) is 22.5. The van der Waals surface area contributed by atoms with Crippen molar-refractivity contribution in [3.8, 4) is 17.2 Å². The maximum Gasteiger partial charge on any atom is 0.257 e. The van der Waals surface area contributed by atoms with Gasteiger partial charge in [0, 0.05) is 41.7 Å². The molecule has 0 saturated carbocycles. The second-order valence-electron chi connectivity index (χ2n) is 10.4. The van der Waals surface area contributed by atoms with E-state index < -0.39 is 0 Å². The molecule has 0 fully saturated rings. The molecule has 0 bridgehead atoms. The maximum absolute atomic E-state index is 13.3. The largest absolute Gasteiger partial charge is 0.495 e. The molecular formula is C34H33N3O5. The third kappa shape index (κ3) is 5.05. The van der Waals surface area contributed by atoms with E-state index in [4.69, 9.17) is 14.2 Å². The van der Waals surface area contributed by atoms with E-state index in [1.807, 2.05) is 30.3 Å². The van der Waals surface area contributed by atoms with E-state index in [0.717, 1.165) is 44.0 Å². The SMILES string of the molecule is COc1ccc2c(c1OC)CCN(CCc1ccc(NC(=O)c3cccc4c(=O)c5cccc(OC)c5[nH]c34)cc1)C2. The molecule has 0 saturated heterocycles. The molecule has 1 aromatic heterocycles. The van der Waals surface area contributed by atoms with Crippen molar-refractivity contribution < 1.29 is 19.0 Å². The molecule has 0 atom stereocenters. The Morgan fingerprint density at radius 2 is 1.60 bits per heavy atom. The summed E-state index contributed by atoms with van der Waals surface area (Å²) in [5.74, 6) is 1.87. The van der Waals surface area contributed by atoms with Crippen molar-refractivity contribution in [2.75, 3.05) is 39.7 Å². The fourth-order valence-electron chi connectivity index (χ4n) is 5.83. The zero-order valence-electron chi connectivity index (χ0n) is 24.0. The molecule has 2 N–H and O–H groups in total. The van der Waals surface area contributed by atoms with Crippen LogP contribution in [0.2, 0.25) is 0 Å². The van der Waals surface area contributed by atoms with Crippen LogP contribution in [-0.4, -0.2) is 50.2 Å². The van der Waals surface area contributed by atoms with Gasteiger partial charge in [-0.25, -0.2) is 0 Å². The van der Waals surface area contributed by atoms with E-state index in [1.165, 1.54) is 16.7 Å². The summed E-state index contributed by atoms with van der Waals surface area (Å²) in [4.78, 5) is 32.3. The predicted octanol–water partition coefficient (Wildman–Crippen LogP) is 5.56. The Hall–Kier alpha value is -4.82. The molecule has 4 aromatic carbocycles. The quantitative estimate of drug-likeness (QED) is 0.240. The number of amides is 1. The van der Waals surface area contributed by atoms with E-state index >= 15 is 0 Å². The highest BCUT2D eigenvalue weighted by Gasteiger charge is 2.22. The number of hydrogen-bond donors (Lipinski definition) is 2. The molecule has 0 unspecified atom stereocenters. The molecule has 0 spiro atoms. The van der Waals surface area contributed by atoms with Crippen LogP contribution in [0.15, 0.2) is 77.6 Å². The Kier molecular flexibility index (Phi) is 7.54. The average Bonchev–Trinajstić information content (AvgIpc) is 3.03. The molecule has 1 aliphatic rings. The summed E-state index contributed by atoms with van der Waals surface area (Å²) in [7, 11) is 4.92. The predicted molar refractivity (Wildman–Crippen MR) is 165 cm³/mol. The summed E-state index contributed by atoms with van der Waals surface area (Å²) < 4.78 is 16.5. The number of methoxy groups -OCH3 is 3. The molecule has 8 nitrogen and oxygen atoms in total. The highest BCUT2D eigenvalue weighted by Crippen LogP contribution is 2.36. The monoisotopic (exact) mass is 563 g/mol. The van der Waals surface area contributed by atoms with Crippen LogP contribution in [0, 0.1) is 0 Å². The molecule has 42 heavy (non-hydrogen) atoms. The number of rotatable bonds is 8. The minimum absolute atomic E-state index is 0.146. The number of nitrogens with zero attached hydrogens (tertiary/aromatic N) is 1. The van der Waals surface area contributed by atoms with Crippen molar-refractivity contribution in [2.24, 2.45) is 0 Å². The number of benzene rings is 4. The van der Waals surface area contributed by atoms with Crippen LogP contribution in [0.25, 0.3) is 21.8 Å². The number of pyridine rings is 1. The zero-order valence-corrected chi connectivity index (χ0v) is 24.0. The van der Waals surface area contributed by atoms with Crippen LogP contribution in [0.5, 0.6) is 17.2 Å². The van der Waals surface area contributed by atoms with Gasteiger partial charge in [0.25, 0.3) is 5.91 Å². The van der Waals surface area contributed by atoms with Crippen LogP contribution in [-0.2, 0) is 19.4 Å². The first-order valence-electron chi connectivity index (χ1n) is 14.0. The second-order valence-corrected chi connectivity index (χ2v) is 10.4. The van der Waals surface area contributed by atoms with Gasteiger partial charge < -0.3 is 24.5 Å². The van der Waals surface area contributed by atoms with Gasteiger partial charge in [0.15, 0.2) is 16.9 Å². The number of fused-ring (bicyclic) bond motifs is 3. The Morgan fingerprint density at radius 1 is 0.857 bits per heavy atom. The number of anilines is 1. The summed E-state index contributed by atoms with van der Waals surface area (Å²) in [5, 5.41) is 3.96. The van der Waals surface area contributed by atoms with Crippen LogP contribution in [0.4, 0.5) is 5.69 Å². The second kappa shape index (κ2) is 11.6. The molecule has 214 valence electrons. The van der Waals surface area contributed by atoms with Gasteiger partial charge in [-0.1, -0.05) is 30.3 Å². The highest BCUT2D eigenvalue weighted by molar-refractivity contribution is 6.13. The van der Waals surface area contributed by atoms with Crippen molar-refractivity contribution in [3.05, 3.63) is 105 Å². The van der Waals surface area contributed by atoms with Gasteiger partial charge in [-0.3, -0.25) is 14.5 Å². The molecule has 1 aliphatic heterocycles. The van der Waals surface area contributed by atoms with E-state index in [0.29, 0.717) is 38.8 Å². The molecule has 8 heteroatoms. The number of H-pyrrole nitrogens is 1. The smallest absolute Gasteiger partial charge is 0.257 e. The van der Waals surface area contributed by atoms with E-state index in [2.05, 4.69) is 21.3 Å². The first-order chi connectivity index (χ1) is 20.5. The number of nitrogens with one attached hydrogen (secondary N) is 2. The van der Waals surface area contributed by atoms with Crippen LogP contribution in [0.1, 0.15) is 27.0 Å². The Balaban J connectivity index is 1.14. The minimum Gasteiger partial charge on any atom is -0.495 e. The number of carbonyl (C=O) groups is 1. The molecule has 0 aliphatic carbocycles. The normalized spacial score (nSPS) is 13.1. The Bertz CT molecular complexity index is 1850. The van der Waals surface area contributed by atoms with Crippen LogP contribution in [0.3, 0.4) is 0 Å². The van der Waals surface area contributed by atoms with E-state index in [1.54, 1.807) is 57.7 Å². The Morgan fingerprint density at radius 3 is 2.33 bits per heavy atom. The van der Waals surface area contributed by atoms with Crippen molar-refractivity contribution in [1.29, 1.82) is 0 Å². The first kappa shape index (κ1) is 27.4. The lowest BCUT2D eigenvalue weighted by Crippen LogP contribution is -2.32. The van der Waals surface area contributed by atoms with Crippen molar-refractivity contribution in [2.45, 2.75) is 19.4 Å². The summed E-state index contributed by atoms with van der Waals surface area (Å²) in [6.07, 6.45) is 1.82. The number of carbonyl (C=O) groups excluding carboxylic acids is 1. The minimum atomic E-state index is -0.294. The van der Waals surface area contributed by atoms with Crippen LogP contribution >= 0.6 is 0 Å². The van der Waals surface area contributed by atoms with Gasteiger partial charge in [-0.05, 0) is 66.4 Å². The van der Waals surface area contributed by atoms with Crippen molar-refractivity contribution in [1.82, 2.24) is 9.88 Å². The lowest BCUT2D eigenvalue weighted by molar-refractivity contribution is 0.102. The summed E-state index contributed by atoms with van der Waals surface area (Å²) in [5.41, 5.74) is 5.68. The zero-order chi connectivity index (χ0) is 29.2. The van der Waals surface area contributed by atoms with E-state index in [-0.39, 0.29) is 11.3 Å². The van der Waals surface area contributed by atoms with Gasteiger partial charge in [0.1, 0.15) is 5.75 Å². The highest BCUT2D eigenvalue weighted by atomic mass is 16.5. The summed E-state index contributed by atoms with van der Waals surface area (Å²) in [6.45, 7) is 2.76. The van der Waals surface area contributed by atoms with Crippen LogP contribution < -0.4 is 25.0 Å². The standard InChI is InChI=1S/C34H33N3O5/c1-40-28-9-5-7-26-31(28)36-30-25(32(26)38)6-4-8-27(30)34(39)35-23-13-10-21(11-14-23)16-18-37-19-17-24-22(20-37)12-15-29(41-2)33(24)42-3/h4-15H,16-20H2,1-3H3,(H,35,39)(H,36,38). The number of ether oxygens (including phenoxy) is 3. The lowest BCUT2D eigenvalue weighted by atomic mass is 9.97. The fourth-order valence-corrected chi connectivity index (χ4v) is 5.83. The third-order valence-corrected chi connectivity index (χ3v) is 8.04. The topological polar surface area (TPSA) is 92.9 Å². The average molecular weight is 564 g/mol. The number of para-hydroxylation sites is 2. The van der Waals surface area contributed by atoms with Gasteiger partial charge in [0.05, 0.1) is 37.9 Å². The molecule has 5 aromatic rings. The van der Waals surface area contributed by atoms with Crippen molar-refractivity contribution >= 4 is 33.4 Å². The van der Waals surface area contributed by atoms with Crippen molar-refractivity contribution in [3.63, 3.8) is 0 Å². The Labute approximate surface area is 243 Å². The summed E-state index contributed by atoms with van der Waals surface area (Å²) >= 11 is 0.